The average molecular weight is 231 g/mol. The highest BCUT2D eigenvalue weighted by Gasteiger charge is 2.23. The third-order valence-corrected chi connectivity index (χ3v) is 3.46. The lowest BCUT2D eigenvalue weighted by molar-refractivity contribution is 0.199. The summed E-state index contributed by atoms with van der Waals surface area (Å²) >= 11 is 0. The zero-order valence-corrected chi connectivity index (χ0v) is 11.0. The molecule has 0 fully saturated rings. The fraction of sp³-hybridized carbons (Fsp3) is 0.467. The van der Waals surface area contributed by atoms with Gasteiger partial charge in [-0.05, 0) is 49.4 Å². The molecule has 1 aliphatic heterocycles. The van der Waals surface area contributed by atoms with Crippen LogP contribution in [0.5, 0.6) is 0 Å². The Labute approximate surface area is 104 Å². The molecule has 0 aliphatic carbocycles. The summed E-state index contributed by atoms with van der Waals surface area (Å²) in [6.45, 7) is 12.0. The maximum Gasteiger partial charge on any atom is 0.110 e. The minimum absolute atomic E-state index is 0.151. The van der Waals surface area contributed by atoms with Crippen LogP contribution in [0.1, 0.15) is 35.2 Å². The highest BCUT2D eigenvalue weighted by Crippen LogP contribution is 2.30. The van der Waals surface area contributed by atoms with Gasteiger partial charge in [-0.1, -0.05) is 18.7 Å². The minimum atomic E-state index is 0.151. The van der Waals surface area contributed by atoms with Gasteiger partial charge in [-0.15, -0.1) is 0 Å². The largest absolute Gasteiger partial charge is 0.497 e. The molecular weight excluding hydrogens is 210 g/mol. The summed E-state index contributed by atoms with van der Waals surface area (Å²) in [6, 6.07) is 4.72. The van der Waals surface area contributed by atoms with Crippen molar-refractivity contribution in [2.75, 3.05) is 13.2 Å². The van der Waals surface area contributed by atoms with Crippen LogP contribution in [-0.4, -0.2) is 13.2 Å². The van der Waals surface area contributed by atoms with E-state index >= 15 is 0 Å². The standard InChI is InChI=1S/C15H21NO/c1-5-17-12(4)15-14-9-11(3)10(2)8-13(14)6-7-16-15/h8-9,15-16H,4-7H2,1-3H3. The van der Waals surface area contributed by atoms with Crippen molar-refractivity contribution in [3.05, 3.63) is 46.7 Å². The third kappa shape index (κ3) is 2.37. The molecule has 0 amide bonds. The maximum atomic E-state index is 5.55. The Morgan fingerprint density at radius 3 is 2.82 bits per heavy atom. The fourth-order valence-electron chi connectivity index (χ4n) is 2.40. The molecule has 1 unspecified atom stereocenters. The Hall–Kier alpha value is -1.28. The van der Waals surface area contributed by atoms with Gasteiger partial charge < -0.3 is 10.1 Å². The van der Waals surface area contributed by atoms with Gasteiger partial charge in [-0.25, -0.2) is 0 Å². The zero-order valence-electron chi connectivity index (χ0n) is 11.0. The first-order valence-electron chi connectivity index (χ1n) is 6.28. The number of ether oxygens (including phenoxy) is 1. The van der Waals surface area contributed by atoms with Crippen LogP contribution in [0.4, 0.5) is 0 Å². The molecule has 0 saturated heterocycles. The number of fused-ring (bicyclic) bond motifs is 1. The predicted octanol–water partition coefficient (Wildman–Crippen LogP) is 3.04. The number of aryl methyl sites for hydroxylation is 2. The van der Waals surface area contributed by atoms with E-state index in [4.69, 9.17) is 4.74 Å². The van der Waals surface area contributed by atoms with Crippen molar-refractivity contribution in [3.8, 4) is 0 Å². The second kappa shape index (κ2) is 4.92. The average Bonchev–Trinajstić information content (AvgIpc) is 2.30. The van der Waals surface area contributed by atoms with Gasteiger partial charge >= 0.3 is 0 Å². The Bertz CT molecular complexity index is 437. The number of rotatable bonds is 3. The molecule has 17 heavy (non-hydrogen) atoms. The molecule has 1 heterocycles. The Morgan fingerprint density at radius 2 is 2.12 bits per heavy atom. The molecule has 2 heteroatoms. The summed E-state index contributed by atoms with van der Waals surface area (Å²) in [4.78, 5) is 0. The SMILES string of the molecule is C=C(OCC)C1NCCc2cc(C)c(C)cc21. The molecular formula is C15H21NO. The molecule has 92 valence electrons. The molecule has 0 saturated carbocycles. The third-order valence-electron chi connectivity index (χ3n) is 3.46. The first kappa shape index (κ1) is 12.2. The van der Waals surface area contributed by atoms with E-state index in [2.05, 4.69) is 37.9 Å². The van der Waals surface area contributed by atoms with Crippen molar-refractivity contribution in [2.24, 2.45) is 0 Å². The fourth-order valence-corrected chi connectivity index (χ4v) is 2.40. The first-order valence-corrected chi connectivity index (χ1v) is 6.28. The molecule has 1 aromatic rings. The second-order valence-electron chi connectivity index (χ2n) is 4.67. The van der Waals surface area contributed by atoms with E-state index in [1.165, 1.54) is 22.3 Å². The van der Waals surface area contributed by atoms with Crippen LogP contribution in [0.15, 0.2) is 24.5 Å². The van der Waals surface area contributed by atoms with E-state index in [1.54, 1.807) is 0 Å². The van der Waals surface area contributed by atoms with Crippen LogP contribution in [0.2, 0.25) is 0 Å². The van der Waals surface area contributed by atoms with Gasteiger partial charge in [-0.3, -0.25) is 0 Å². The van der Waals surface area contributed by atoms with Gasteiger partial charge in [0, 0.05) is 6.54 Å². The summed E-state index contributed by atoms with van der Waals surface area (Å²) in [5.41, 5.74) is 5.46. The van der Waals surface area contributed by atoms with E-state index in [1.807, 2.05) is 6.92 Å². The van der Waals surface area contributed by atoms with Crippen LogP contribution in [0.25, 0.3) is 0 Å². The van der Waals surface area contributed by atoms with Crippen molar-refractivity contribution in [2.45, 2.75) is 33.2 Å². The summed E-state index contributed by atoms with van der Waals surface area (Å²) in [7, 11) is 0. The lowest BCUT2D eigenvalue weighted by Crippen LogP contribution is -2.31. The van der Waals surface area contributed by atoms with Gasteiger partial charge in [0.25, 0.3) is 0 Å². The van der Waals surface area contributed by atoms with Gasteiger partial charge in [0.1, 0.15) is 5.76 Å². The molecule has 0 aromatic heterocycles. The normalized spacial score (nSPS) is 18.6. The quantitative estimate of drug-likeness (QED) is 0.807. The summed E-state index contributed by atoms with van der Waals surface area (Å²) in [5.74, 6) is 0.830. The van der Waals surface area contributed by atoms with Crippen molar-refractivity contribution in [1.82, 2.24) is 5.32 Å². The smallest absolute Gasteiger partial charge is 0.110 e. The van der Waals surface area contributed by atoms with E-state index in [9.17, 15) is 0 Å². The van der Waals surface area contributed by atoms with Crippen molar-refractivity contribution in [3.63, 3.8) is 0 Å². The molecule has 0 bridgehead atoms. The van der Waals surface area contributed by atoms with Crippen LogP contribution < -0.4 is 5.32 Å². The lowest BCUT2D eigenvalue weighted by Gasteiger charge is -2.29. The minimum Gasteiger partial charge on any atom is -0.497 e. The predicted molar refractivity (Wildman–Crippen MR) is 71.1 cm³/mol. The van der Waals surface area contributed by atoms with Gasteiger partial charge in [0.2, 0.25) is 0 Å². The van der Waals surface area contributed by atoms with Crippen molar-refractivity contribution < 1.29 is 4.74 Å². The number of nitrogens with one attached hydrogen (secondary N) is 1. The molecule has 2 nitrogen and oxygen atoms in total. The summed E-state index contributed by atoms with van der Waals surface area (Å²) < 4.78 is 5.55. The van der Waals surface area contributed by atoms with Gasteiger partial charge in [0.15, 0.2) is 0 Å². The van der Waals surface area contributed by atoms with Crippen molar-refractivity contribution in [1.29, 1.82) is 0 Å². The van der Waals surface area contributed by atoms with Crippen LogP contribution in [-0.2, 0) is 11.2 Å². The number of hydrogen-bond donors (Lipinski definition) is 1. The van der Waals surface area contributed by atoms with E-state index in [-0.39, 0.29) is 6.04 Å². The summed E-state index contributed by atoms with van der Waals surface area (Å²) in [6.07, 6.45) is 1.09. The zero-order chi connectivity index (χ0) is 12.4. The Morgan fingerprint density at radius 1 is 1.41 bits per heavy atom. The second-order valence-corrected chi connectivity index (χ2v) is 4.67. The van der Waals surface area contributed by atoms with Gasteiger partial charge in [0.05, 0.1) is 12.6 Å². The molecule has 1 atom stereocenters. The number of benzene rings is 1. The van der Waals surface area contributed by atoms with Crippen LogP contribution >= 0.6 is 0 Å². The summed E-state index contributed by atoms with van der Waals surface area (Å²) in [5, 5.41) is 3.48. The van der Waals surface area contributed by atoms with E-state index < -0.39 is 0 Å². The molecule has 0 spiro atoms. The van der Waals surface area contributed by atoms with E-state index in [0.29, 0.717) is 6.61 Å². The molecule has 0 radical (unpaired) electrons. The lowest BCUT2D eigenvalue weighted by atomic mass is 9.90. The Kier molecular flexibility index (Phi) is 3.53. The highest BCUT2D eigenvalue weighted by atomic mass is 16.5. The molecule has 1 aliphatic rings. The molecule has 1 aromatic carbocycles. The number of hydrogen-bond acceptors (Lipinski definition) is 2. The highest BCUT2D eigenvalue weighted by molar-refractivity contribution is 5.42. The molecule has 1 N–H and O–H groups in total. The maximum absolute atomic E-state index is 5.55. The van der Waals surface area contributed by atoms with Gasteiger partial charge in [-0.2, -0.15) is 0 Å². The van der Waals surface area contributed by atoms with E-state index in [0.717, 1.165) is 18.7 Å². The van der Waals surface area contributed by atoms with Crippen LogP contribution in [0.3, 0.4) is 0 Å². The van der Waals surface area contributed by atoms with Crippen LogP contribution in [0, 0.1) is 13.8 Å². The van der Waals surface area contributed by atoms with Crippen molar-refractivity contribution >= 4 is 0 Å². The monoisotopic (exact) mass is 231 g/mol. The Balaban J connectivity index is 2.37. The first-order chi connectivity index (χ1) is 8.13. The topological polar surface area (TPSA) is 21.3 Å². The molecule has 2 rings (SSSR count).